The molecule has 1 heterocycles. The van der Waals surface area contributed by atoms with Crippen molar-refractivity contribution < 1.29 is 18.5 Å². The maximum Gasteiger partial charge on any atom is 0.259 e. The Bertz CT molecular complexity index is 1270. The molecule has 0 saturated heterocycles. The molecule has 35 heavy (non-hydrogen) atoms. The molecule has 0 aliphatic carbocycles. The number of ether oxygens (including phenoxy) is 1. The van der Waals surface area contributed by atoms with E-state index in [1.54, 1.807) is 47.4 Å². The van der Waals surface area contributed by atoms with Gasteiger partial charge in [0.05, 0.1) is 44.5 Å². The smallest absolute Gasteiger partial charge is 0.259 e. The molecule has 0 saturated carbocycles. The van der Waals surface area contributed by atoms with Crippen LogP contribution in [0.2, 0.25) is 0 Å². The van der Waals surface area contributed by atoms with Crippen molar-refractivity contribution in [3.05, 3.63) is 89.0 Å². The van der Waals surface area contributed by atoms with Crippen LogP contribution in [-0.2, 0) is 22.1 Å². The fourth-order valence-corrected chi connectivity index (χ4v) is 5.36. The van der Waals surface area contributed by atoms with E-state index < -0.39 is 10.8 Å². The standard InChI is InChI=1S/C28H30N2O4S/c1-19(2)34-16-8-15-29-27(31)21-13-14-26-24(17-21)30(18-22-10-5-4-9-20(22)3)28(32)23-11-6-7-12-25(23)35(26)33/h4-7,9-14,17,19H,8,15-16,18H2,1-3H3,(H,29,31)/t35-/m0/s1. The van der Waals surface area contributed by atoms with Gasteiger partial charge < -0.3 is 15.0 Å². The predicted molar refractivity (Wildman–Crippen MR) is 137 cm³/mol. The number of amides is 2. The van der Waals surface area contributed by atoms with E-state index in [2.05, 4.69) is 5.32 Å². The third-order valence-corrected chi connectivity index (χ3v) is 7.42. The molecule has 1 aliphatic rings. The van der Waals surface area contributed by atoms with Gasteiger partial charge in [-0.3, -0.25) is 9.59 Å². The zero-order chi connectivity index (χ0) is 24.9. The first-order chi connectivity index (χ1) is 16.9. The van der Waals surface area contributed by atoms with E-state index in [1.165, 1.54) is 0 Å². The van der Waals surface area contributed by atoms with E-state index in [0.717, 1.165) is 11.1 Å². The average Bonchev–Trinajstić information content (AvgIpc) is 2.94. The van der Waals surface area contributed by atoms with Gasteiger partial charge in [-0.15, -0.1) is 0 Å². The number of carbonyl (C=O) groups is 2. The number of nitrogens with zero attached hydrogens (tertiary/aromatic N) is 1. The fraction of sp³-hybridized carbons (Fsp3) is 0.286. The van der Waals surface area contributed by atoms with E-state index in [-0.39, 0.29) is 17.9 Å². The number of hydrogen-bond acceptors (Lipinski definition) is 4. The van der Waals surface area contributed by atoms with Crippen LogP contribution in [0, 0.1) is 6.92 Å². The predicted octanol–water partition coefficient (Wildman–Crippen LogP) is 4.87. The molecule has 0 unspecified atom stereocenters. The molecule has 0 bridgehead atoms. The number of hydrogen-bond donors (Lipinski definition) is 1. The summed E-state index contributed by atoms with van der Waals surface area (Å²) >= 11 is 0. The molecule has 3 aromatic carbocycles. The fourth-order valence-electron chi connectivity index (χ4n) is 4.01. The van der Waals surface area contributed by atoms with Gasteiger partial charge in [-0.25, -0.2) is 4.21 Å². The van der Waals surface area contributed by atoms with E-state index in [4.69, 9.17) is 4.74 Å². The van der Waals surface area contributed by atoms with Crippen LogP contribution in [0.4, 0.5) is 5.69 Å². The van der Waals surface area contributed by atoms with Gasteiger partial charge >= 0.3 is 0 Å². The van der Waals surface area contributed by atoms with Gasteiger partial charge in [0.2, 0.25) is 0 Å². The third-order valence-electron chi connectivity index (χ3n) is 5.92. The lowest BCUT2D eigenvalue weighted by atomic mass is 10.1. The van der Waals surface area contributed by atoms with Gasteiger partial charge in [0.1, 0.15) is 0 Å². The third kappa shape index (κ3) is 5.52. The highest BCUT2D eigenvalue weighted by atomic mass is 32.2. The van der Waals surface area contributed by atoms with Crippen LogP contribution in [-0.4, -0.2) is 35.3 Å². The van der Waals surface area contributed by atoms with Crippen LogP contribution in [0.15, 0.2) is 76.5 Å². The summed E-state index contributed by atoms with van der Waals surface area (Å²) in [7, 11) is -1.56. The minimum absolute atomic E-state index is 0.150. The van der Waals surface area contributed by atoms with Crippen molar-refractivity contribution in [2.24, 2.45) is 0 Å². The van der Waals surface area contributed by atoms with Crippen LogP contribution >= 0.6 is 0 Å². The van der Waals surface area contributed by atoms with Crippen molar-refractivity contribution in [1.82, 2.24) is 5.32 Å². The zero-order valence-electron chi connectivity index (χ0n) is 20.2. The number of carbonyl (C=O) groups excluding carboxylic acids is 2. The number of benzene rings is 3. The van der Waals surface area contributed by atoms with Crippen molar-refractivity contribution in [2.75, 3.05) is 18.1 Å². The molecule has 2 amide bonds. The summed E-state index contributed by atoms with van der Waals surface area (Å²) in [5, 5.41) is 2.91. The normalized spacial score (nSPS) is 14.9. The second-order valence-corrected chi connectivity index (χ2v) is 10.2. The van der Waals surface area contributed by atoms with Crippen molar-refractivity contribution in [3.63, 3.8) is 0 Å². The summed E-state index contributed by atoms with van der Waals surface area (Å²) < 4.78 is 19.1. The Morgan fingerprint density at radius 2 is 1.77 bits per heavy atom. The summed E-state index contributed by atoms with van der Waals surface area (Å²) in [5.41, 5.74) is 3.35. The molecule has 6 nitrogen and oxygen atoms in total. The topological polar surface area (TPSA) is 75.7 Å². The highest BCUT2D eigenvalue weighted by molar-refractivity contribution is 7.85. The van der Waals surface area contributed by atoms with Crippen molar-refractivity contribution in [3.8, 4) is 0 Å². The second-order valence-electron chi connectivity index (χ2n) is 8.79. The van der Waals surface area contributed by atoms with Crippen LogP contribution in [0.5, 0.6) is 0 Å². The Morgan fingerprint density at radius 3 is 2.54 bits per heavy atom. The minimum atomic E-state index is -1.56. The summed E-state index contributed by atoms with van der Waals surface area (Å²) in [6, 6.07) is 19.9. The molecular weight excluding hydrogens is 460 g/mol. The average molecular weight is 491 g/mol. The molecule has 0 aromatic heterocycles. The lowest BCUT2D eigenvalue weighted by molar-refractivity contribution is 0.0757. The first-order valence-corrected chi connectivity index (χ1v) is 12.9. The quantitative estimate of drug-likeness (QED) is 0.457. The molecule has 1 aliphatic heterocycles. The number of fused-ring (bicyclic) bond motifs is 2. The van der Waals surface area contributed by atoms with Crippen molar-refractivity contribution in [1.29, 1.82) is 0 Å². The largest absolute Gasteiger partial charge is 0.379 e. The zero-order valence-corrected chi connectivity index (χ0v) is 21.1. The molecule has 0 spiro atoms. The van der Waals surface area contributed by atoms with Crippen LogP contribution in [0.1, 0.15) is 52.1 Å². The lowest BCUT2D eigenvalue weighted by Crippen LogP contribution is -2.31. The molecule has 182 valence electrons. The first-order valence-electron chi connectivity index (χ1n) is 11.8. The molecule has 0 radical (unpaired) electrons. The SMILES string of the molecule is Cc1ccccc1CN1C(=O)c2ccccc2[S@](=O)c2ccc(C(=O)NCCCOC(C)C)cc21. The van der Waals surface area contributed by atoms with Crippen LogP contribution < -0.4 is 10.2 Å². The van der Waals surface area contributed by atoms with E-state index in [1.807, 2.05) is 45.0 Å². The Balaban J connectivity index is 1.68. The van der Waals surface area contributed by atoms with Gasteiger partial charge in [-0.05, 0) is 68.7 Å². The maximum absolute atomic E-state index is 13.7. The molecule has 1 N–H and O–H groups in total. The monoisotopic (exact) mass is 490 g/mol. The van der Waals surface area contributed by atoms with Gasteiger partial charge in [-0.1, -0.05) is 36.4 Å². The first kappa shape index (κ1) is 24.8. The van der Waals surface area contributed by atoms with E-state index in [0.29, 0.717) is 52.7 Å². The van der Waals surface area contributed by atoms with Crippen molar-refractivity contribution >= 4 is 28.3 Å². The molecular formula is C28H30N2O4S. The number of anilines is 1. The van der Waals surface area contributed by atoms with Crippen LogP contribution in [0.3, 0.4) is 0 Å². The summed E-state index contributed by atoms with van der Waals surface area (Å²) in [6.07, 6.45) is 0.851. The minimum Gasteiger partial charge on any atom is -0.379 e. The van der Waals surface area contributed by atoms with Gasteiger partial charge in [-0.2, -0.15) is 0 Å². The Hall–Kier alpha value is -3.29. The molecule has 3 aromatic rings. The summed E-state index contributed by atoms with van der Waals surface area (Å²) in [5.74, 6) is -0.479. The van der Waals surface area contributed by atoms with E-state index >= 15 is 0 Å². The van der Waals surface area contributed by atoms with Crippen molar-refractivity contribution in [2.45, 2.75) is 49.6 Å². The number of rotatable bonds is 8. The highest BCUT2D eigenvalue weighted by Gasteiger charge is 2.31. The number of aryl methyl sites for hydroxylation is 1. The molecule has 0 fully saturated rings. The van der Waals surface area contributed by atoms with Gasteiger partial charge in [0, 0.05) is 18.7 Å². The van der Waals surface area contributed by atoms with E-state index in [9.17, 15) is 13.8 Å². The summed E-state index contributed by atoms with van der Waals surface area (Å²) in [6.45, 7) is 7.30. The van der Waals surface area contributed by atoms with Crippen LogP contribution in [0.25, 0.3) is 0 Å². The number of nitrogens with one attached hydrogen (secondary N) is 1. The second kappa shape index (κ2) is 11.0. The Morgan fingerprint density at radius 1 is 1.03 bits per heavy atom. The maximum atomic E-state index is 13.7. The lowest BCUT2D eigenvalue weighted by Gasteiger charge is -2.24. The highest BCUT2D eigenvalue weighted by Crippen LogP contribution is 2.36. The molecule has 7 heteroatoms. The summed E-state index contributed by atoms with van der Waals surface area (Å²) in [4.78, 5) is 29.2. The molecule has 1 atom stereocenters. The molecule has 4 rings (SSSR count). The van der Waals surface area contributed by atoms with Gasteiger partial charge in [0.25, 0.3) is 11.8 Å². The Labute approximate surface area is 208 Å². The van der Waals surface area contributed by atoms with Gasteiger partial charge in [0.15, 0.2) is 0 Å². The Kier molecular flexibility index (Phi) is 7.78.